The quantitative estimate of drug-likeness (QED) is 0.635. The van der Waals surface area contributed by atoms with Crippen LogP contribution < -0.4 is 5.32 Å². The van der Waals surface area contributed by atoms with Crippen LogP contribution in [0.3, 0.4) is 0 Å². The first-order valence-corrected chi connectivity index (χ1v) is 6.25. The molecular weight excluding hydrogens is 172 g/mol. The van der Waals surface area contributed by atoms with Gasteiger partial charge < -0.3 is 5.32 Å². The van der Waals surface area contributed by atoms with Crippen LogP contribution in [0.15, 0.2) is 4.99 Å². The van der Waals surface area contributed by atoms with E-state index >= 15 is 0 Å². The predicted octanol–water partition coefficient (Wildman–Crippen LogP) is 3.23. The van der Waals surface area contributed by atoms with Crippen molar-refractivity contribution in [2.45, 2.75) is 53.4 Å². The first-order valence-electron chi connectivity index (χ1n) is 6.25. The molecule has 1 fully saturated rings. The third-order valence-corrected chi connectivity index (χ3v) is 2.42. The lowest BCUT2D eigenvalue weighted by Gasteiger charge is -2.28. The Morgan fingerprint density at radius 3 is 2.36 bits per heavy atom. The lowest BCUT2D eigenvalue weighted by molar-refractivity contribution is 0.464. The predicted molar refractivity (Wildman–Crippen MR) is 65.0 cm³/mol. The van der Waals surface area contributed by atoms with Crippen molar-refractivity contribution in [2.24, 2.45) is 10.9 Å². The van der Waals surface area contributed by atoms with Gasteiger partial charge in [0.15, 0.2) is 0 Å². The zero-order chi connectivity index (χ0) is 10.8. The first-order chi connectivity index (χ1) is 6.97. The molecule has 2 heterocycles. The van der Waals surface area contributed by atoms with Gasteiger partial charge >= 0.3 is 0 Å². The van der Waals surface area contributed by atoms with Gasteiger partial charge in [-0.15, -0.1) is 0 Å². The minimum atomic E-state index is 0.794. The molecule has 2 nitrogen and oxygen atoms in total. The van der Waals surface area contributed by atoms with E-state index in [1.54, 1.807) is 0 Å². The molecule has 1 atom stereocenters. The third kappa shape index (κ3) is 4.12. The van der Waals surface area contributed by atoms with Crippen LogP contribution in [0.1, 0.15) is 53.4 Å². The molecule has 0 radical (unpaired) electrons. The maximum absolute atomic E-state index is 4.46. The largest absolute Gasteiger partial charge is 0.374 e. The van der Waals surface area contributed by atoms with Crippen molar-refractivity contribution in [3.05, 3.63) is 0 Å². The first kappa shape index (κ1) is 13.5. The number of aliphatic imine (C=N–C) groups is 1. The summed E-state index contributed by atoms with van der Waals surface area (Å²) in [7, 11) is 0. The summed E-state index contributed by atoms with van der Waals surface area (Å²) < 4.78 is 0. The van der Waals surface area contributed by atoms with Crippen LogP contribution in [0.4, 0.5) is 0 Å². The van der Waals surface area contributed by atoms with E-state index in [0.717, 1.165) is 19.0 Å². The molecule has 14 heavy (non-hydrogen) atoms. The molecule has 84 valence electrons. The summed E-state index contributed by atoms with van der Waals surface area (Å²) in [4.78, 5) is 4.46. The number of amidine groups is 1. The van der Waals surface area contributed by atoms with Gasteiger partial charge in [-0.25, -0.2) is 0 Å². The third-order valence-electron chi connectivity index (χ3n) is 2.42. The SMILES string of the molecule is C1CN=C2NCCCC2C1.CC.CC. The molecule has 0 spiro atoms. The number of nitrogens with zero attached hydrogens (tertiary/aromatic N) is 1. The average molecular weight is 198 g/mol. The van der Waals surface area contributed by atoms with Gasteiger partial charge in [-0.05, 0) is 25.7 Å². The van der Waals surface area contributed by atoms with E-state index in [4.69, 9.17) is 0 Å². The van der Waals surface area contributed by atoms with Crippen LogP contribution in [0.25, 0.3) is 0 Å². The fourth-order valence-electron chi connectivity index (χ4n) is 1.85. The smallest absolute Gasteiger partial charge is 0.0994 e. The molecule has 1 N–H and O–H groups in total. The maximum Gasteiger partial charge on any atom is 0.0994 e. The highest BCUT2D eigenvalue weighted by Crippen LogP contribution is 2.21. The van der Waals surface area contributed by atoms with Crippen LogP contribution >= 0.6 is 0 Å². The summed E-state index contributed by atoms with van der Waals surface area (Å²) in [5, 5.41) is 3.37. The van der Waals surface area contributed by atoms with Crippen LogP contribution in [0.2, 0.25) is 0 Å². The van der Waals surface area contributed by atoms with E-state index in [-0.39, 0.29) is 0 Å². The van der Waals surface area contributed by atoms with Crippen molar-refractivity contribution in [3.63, 3.8) is 0 Å². The number of piperidine rings is 1. The lowest BCUT2D eigenvalue weighted by Crippen LogP contribution is -2.38. The number of hydrogen-bond acceptors (Lipinski definition) is 2. The Labute approximate surface area is 89.2 Å². The summed E-state index contributed by atoms with van der Waals surface area (Å²) in [6.07, 6.45) is 5.37. The second-order valence-corrected chi connectivity index (χ2v) is 3.18. The summed E-state index contributed by atoms with van der Waals surface area (Å²) >= 11 is 0. The molecule has 0 aliphatic carbocycles. The summed E-state index contributed by atoms with van der Waals surface area (Å²) in [6, 6.07) is 0. The fourth-order valence-corrected chi connectivity index (χ4v) is 1.85. The molecular formula is C12H26N2. The number of rotatable bonds is 0. The van der Waals surface area contributed by atoms with E-state index in [0.29, 0.717) is 0 Å². The zero-order valence-corrected chi connectivity index (χ0v) is 10.3. The molecule has 2 aliphatic heterocycles. The molecule has 0 aromatic heterocycles. The topological polar surface area (TPSA) is 24.4 Å². The minimum Gasteiger partial charge on any atom is -0.374 e. The maximum atomic E-state index is 4.46. The van der Waals surface area contributed by atoms with Gasteiger partial charge in [0.05, 0.1) is 5.84 Å². The molecule has 0 saturated carbocycles. The Morgan fingerprint density at radius 2 is 1.71 bits per heavy atom. The summed E-state index contributed by atoms with van der Waals surface area (Å²) in [5.74, 6) is 2.10. The van der Waals surface area contributed by atoms with Gasteiger partial charge in [-0.2, -0.15) is 0 Å². The molecule has 2 heteroatoms. The van der Waals surface area contributed by atoms with Gasteiger partial charge in [0, 0.05) is 19.0 Å². The van der Waals surface area contributed by atoms with Crippen LogP contribution in [-0.2, 0) is 0 Å². The van der Waals surface area contributed by atoms with Gasteiger partial charge in [0.25, 0.3) is 0 Å². The molecule has 0 bridgehead atoms. The number of hydrogen-bond donors (Lipinski definition) is 1. The van der Waals surface area contributed by atoms with E-state index in [9.17, 15) is 0 Å². The van der Waals surface area contributed by atoms with Crippen LogP contribution in [0, 0.1) is 5.92 Å². The van der Waals surface area contributed by atoms with Crippen molar-refractivity contribution >= 4 is 5.84 Å². The minimum absolute atomic E-state index is 0.794. The lowest BCUT2D eigenvalue weighted by atomic mass is 9.91. The van der Waals surface area contributed by atoms with Crippen molar-refractivity contribution in [1.82, 2.24) is 5.32 Å². The molecule has 1 unspecified atom stereocenters. The van der Waals surface area contributed by atoms with Crippen molar-refractivity contribution < 1.29 is 0 Å². The summed E-state index contributed by atoms with van der Waals surface area (Å²) in [5.41, 5.74) is 0. The fraction of sp³-hybridized carbons (Fsp3) is 0.917. The molecule has 2 aliphatic rings. The second-order valence-electron chi connectivity index (χ2n) is 3.18. The highest BCUT2D eigenvalue weighted by molar-refractivity contribution is 5.85. The van der Waals surface area contributed by atoms with Crippen LogP contribution in [-0.4, -0.2) is 18.9 Å². The zero-order valence-electron chi connectivity index (χ0n) is 10.3. The average Bonchev–Trinajstić information content (AvgIpc) is 2.34. The van der Waals surface area contributed by atoms with E-state index < -0.39 is 0 Å². The Balaban J connectivity index is 0.000000379. The normalized spacial score (nSPS) is 23.7. The molecule has 1 saturated heterocycles. The summed E-state index contributed by atoms with van der Waals surface area (Å²) in [6.45, 7) is 10.2. The molecule has 0 amide bonds. The Bertz CT molecular complexity index is 152. The monoisotopic (exact) mass is 198 g/mol. The van der Waals surface area contributed by atoms with Gasteiger partial charge in [-0.3, -0.25) is 4.99 Å². The van der Waals surface area contributed by atoms with Gasteiger partial charge in [0.2, 0.25) is 0 Å². The van der Waals surface area contributed by atoms with Crippen molar-refractivity contribution in [3.8, 4) is 0 Å². The number of nitrogens with one attached hydrogen (secondary N) is 1. The standard InChI is InChI=1S/C8H14N2.2C2H6/c1-3-7-4-2-6-10-8(7)9-5-1;2*1-2/h7H,1-6H2,(H,9,10);2*1-2H3. The van der Waals surface area contributed by atoms with E-state index in [2.05, 4.69) is 10.3 Å². The molecule has 2 rings (SSSR count). The second kappa shape index (κ2) is 9.04. The van der Waals surface area contributed by atoms with E-state index in [1.165, 1.54) is 31.5 Å². The number of fused-ring (bicyclic) bond motifs is 1. The Morgan fingerprint density at radius 1 is 1.07 bits per heavy atom. The van der Waals surface area contributed by atoms with Gasteiger partial charge in [0.1, 0.15) is 0 Å². The highest BCUT2D eigenvalue weighted by atomic mass is 15.0. The Kier molecular flexibility index (Phi) is 8.70. The Hall–Kier alpha value is -0.530. The van der Waals surface area contributed by atoms with Gasteiger partial charge in [-0.1, -0.05) is 27.7 Å². The van der Waals surface area contributed by atoms with E-state index in [1.807, 2.05) is 27.7 Å². The van der Waals surface area contributed by atoms with Crippen LogP contribution in [0.5, 0.6) is 0 Å². The highest BCUT2D eigenvalue weighted by Gasteiger charge is 2.21. The van der Waals surface area contributed by atoms with Crippen molar-refractivity contribution in [2.75, 3.05) is 13.1 Å². The van der Waals surface area contributed by atoms with Crippen molar-refractivity contribution in [1.29, 1.82) is 0 Å². The molecule has 0 aromatic rings. The molecule has 0 aromatic carbocycles.